The molecule has 0 aliphatic rings. The Morgan fingerprint density at radius 3 is 2.37 bits per heavy atom. The van der Waals surface area contributed by atoms with Gasteiger partial charge in [0.2, 0.25) is 0 Å². The van der Waals surface area contributed by atoms with Crippen LogP contribution in [0, 0.1) is 11.8 Å². The Labute approximate surface area is 205 Å². The number of benzene rings is 2. The molecule has 2 aromatic carbocycles. The second-order valence-corrected chi connectivity index (χ2v) is 8.83. The largest absolute Gasteiger partial charge is 0.443 e. The molecule has 0 saturated carbocycles. The molecule has 0 spiro atoms. The van der Waals surface area contributed by atoms with Crippen molar-refractivity contribution in [3.05, 3.63) is 59.9 Å². The summed E-state index contributed by atoms with van der Waals surface area (Å²) < 4.78 is 30.2. The number of hydrogen-bond donors (Lipinski definition) is 0. The topological polar surface area (TPSA) is 65.8 Å². The molecule has 8 heteroatoms. The second kappa shape index (κ2) is 12.3. The first-order valence-corrected chi connectivity index (χ1v) is 11.5. The highest BCUT2D eigenvalue weighted by atomic mass is 19.1. The van der Waals surface area contributed by atoms with Crippen LogP contribution in [-0.2, 0) is 20.8 Å². The van der Waals surface area contributed by atoms with Crippen molar-refractivity contribution >= 4 is 22.8 Å². The summed E-state index contributed by atoms with van der Waals surface area (Å²) in [7, 11) is 1.67. The van der Waals surface area contributed by atoms with Gasteiger partial charge in [-0.3, -0.25) is 4.90 Å². The predicted octanol–water partition coefficient (Wildman–Crippen LogP) is 4.81. The second-order valence-electron chi connectivity index (χ2n) is 8.83. The molecular weight excluding hydrogens is 449 g/mol. The normalized spacial score (nSPS) is 11.2. The van der Waals surface area contributed by atoms with Crippen LogP contribution in [-0.4, -0.2) is 61.4 Å². The molecule has 0 aliphatic carbocycles. The van der Waals surface area contributed by atoms with E-state index in [1.54, 1.807) is 7.05 Å². The third-order valence-corrected chi connectivity index (χ3v) is 4.95. The number of aromatic nitrogens is 2. The quantitative estimate of drug-likeness (QED) is 0.324. The minimum Gasteiger partial charge on any atom is -0.443 e. The number of nitrogens with zero attached hydrogens (tertiary/aromatic N) is 3. The Bertz CT molecular complexity index is 1170. The van der Waals surface area contributed by atoms with E-state index in [4.69, 9.17) is 14.2 Å². The van der Waals surface area contributed by atoms with Gasteiger partial charge in [-0.1, -0.05) is 18.1 Å². The number of carbonyl (C=O) groups excluding carboxylic acids is 1. The zero-order valence-corrected chi connectivity index (χ0v) is 20.7. The predicted molar refractivity (Wildman–Crippen MR) is 134 cm³/mol. The minimum atomic E-state index is -0.559. The van der Waals surface area contributed by atoms with Crippen LogP contribution in [0.5, 0.6) is 0 Å². The van der Waals surface area contributed by atoms with E-state index in [-0.39, 0.29) is 6.61 Å². The number of ether oxygens (including phenoxy) is 3. The number of rotatable bonds is 9. The van der Waals surface area contributed by atoms with Crippen LogP contribution in [0.3, 0.4) is 0 Å². The van der Waals surface area contributed by atoms with Crippen LogP contribution in [0.1, 0.15) is 32.2 Å². The number of fused-ring (bicyclic) bond motifs is 1. The van der Waals surface area contributed by atoms with Crippen molar-refractivity contribution in [1.82, 2.24) is 9.55 Å². The highest BCUT2D eigenvalue weighted by molar-refractivity contribution is 5.87. The summed E-state index contributed by atoms with van der Waals surface area (Å²) in [4.78, 5) is 18.4. The summed E-state index contributed by atoms with van der Waals surface area (Å²) in [6, 6.07) is 15.2. The third-order valence-electron chi connectivity index (χ3n) is 4.95. The Morgan fingerprint density at radius 1 is 1.00 bits per heavy atom. The lowest BCUT2D eigenvalue weighted by atomic mass is 10.2. The van der Waals surface area contributed by atoms with Gasteiger partial charge in [0.15, 0.2) is 5.82 Å². The van der Waals surface area contributed by atoms with Gasteiger partial charge in [-0.15, -0.1) is 0 Å². The Kier molecular flexibility index (Phi) is 9.24. The summed E-state index contributed by atoms with van der Waals surface area (Å²) in [6.45, 7) is 6.89. The van der Waals surface area contributed by atoms with Gasteiger partial charge >= 0.3 is 6.09 Å². The number of amides is 1. The van der Waals surface area contributed by atoms with Crippen molar-refractivity contribution in [3.63, 3.8) is 0 Å². The molecule has 0 unspecified atom stereocenters. The summed E-state index contributed by atoms with van der Waals surface area (Å²) in [5, 5.41) is 0. The number of imidazole rings is 1. The van der Waals surface area contributed by atoms with Gasteiger partial charge in [-0.25, -0.2) is 14.2 Å². The average molecular weight is 482 g/mol. The first kappa shape index (κ1) is 26.2. The number of alkyl halides is 1. The molecular formula is C27H32FN3O4. The molecule has 0 fully saturated rings. The Hall–Kier alpha value is -3.41. The van der Waals surface area contributed by atoms with E-state index < -0.39 is 18.4 Å². The Balaban J connectivity index is 1.70. The zero-order valence-electron chi connectivity index (χ0n) is 20.7. The highest BCUT2D eigenvalue weighted by Crippen LogP contribution is 2.18. The van der Waals surface area contributed by atoms with Gasteiger partial charge in [0.05, 0.1) is 37.5 Å². The molecule has 0 N–H and O–H groups in total. The average Bonchev–Trinajstić information content (AvgIpc) is 3.18. The molecule has 3 aromatic rings. The molecule has 0 bridgehead atoms. The van der Waals surface area contributed by atoms with Crippen molar-refractivity contribution in [1.29, 1.82) is 0 Å². The number of para-hydroxylation sites is 2. The fraction of sp³-hybridized carbons (Fsp3) is 0.407. The summed E-state index contributed by atoms with van der Waals surface area (Å²) in [6.07, 6.45) is -0.416. The van der Waals surface area contributed by atoms with Crippen LogP contribution in [0.15, 0.2) is 48.5 Å². The van der Waals surface area contributed by atoms with Gasteiger partial charge in [0, 0.05) is 24.8 Å². The maximum Gasteiger partial charge on any atom is 0.414 e. The molecule has 0 radical (unpaired) electrons. The third kappa shape index (κ3) is 7.81. The van der Waals surface area contributed by atoms with Gasteiger partial charge < -0.3 is 18.8 Å². The molecule has 0 saturated heterocycles. The van der Waals surface area contributed by atoms with Crippen molar-refractivity contribution < 1.29 is 23.4 Å². The van der Waals surface area contributed by atoms with Gasteiger partial charge in [-0.05, 0) is 63.1 Å². The number of hydrogen-bond acceptors (Lipinski definition) is 5. The summed E-state index contributed by atoms with van der Waals surface area (Å²) >= 11 is 0. The minimum absolute atomic E-state index is 0.0908. The maximum absolute atomic E-state index is 12.3. The fourth-order valence-electron chi connectivity index (χ4n) is 3.26. The maximum atomic E-state index is 12.3. The monoisotopic (exact) mass is 481 g/mol. The first-order chi connectivity index (χ1) is 16.8. The molecule has 7 nitrogen and oxygen atoms in total. The van der Waals surface area contributed by atoms with Crippen LogP contribution in [0.2, 0.25) is 0 Å². The van der Waals surface area contributed by atoms with Crippen molar-refractivity contribution in [2.24, 2.45) is 0 Å². The SMILES string of the molecule is CN(C(=O)OC(C)(C)C)c1ccc(C#Cc2nc3ccccc3n2CCOCCOCCF)cc1. The molecule has 0 atom stereocenters. The van der Waals surface area contributed by atoms with Crippen LogP contribution in [0.25, 0.3) is 11.0 Å². The number of carbonyl (C=O) groups is 1. The standard InChI is InChI=1S/C27H32FN3O4/c1-27(2,3)35-26(32)30(4)22-12-9-21(10-13-22)11-14-25-29-23-7-5-6-8-24(23)31(25)16-18-34-20-19-33-17-15-28/h5-10,12-13H,15-20H2,1-4H3. The van der Waals surface area contributed by atoms with Gasteiger partial charge in [-0.2, -0.15) is 0 Å². The Morgan fingerprint density at radius 2 is 1.69 bits per heavy atom. The van der Waals surface area contributed by atoms with E-state index in [9.17, 15) is 9.18 Å². The van der Waals surface area contributed by atoms with E-state index in [0.29, 0.717) is 37.9 Å². The molecule has 0 aliphatic heterocycles. The van der Waals surface area contributed by atoms with E-state index in [1.165, 1.54) is 4.90 Å². The van der Waals surface area contributed by atoms with Gasteiger partial charge in [0.25, 0.3) is 0 Å². The van der Waals surface area contributed by atoms with Crippen LogP contribution >= 0.6 is 0 Å². The zero-order chi connectivity index (χ0) is 25.3. The molecule has 1 heterocycles. The molecule has 3 rings (SSSR count). The lowest BCUT2D eigenvalue weighted by molar-refractivity contribution is 0.0404. The van der Waals surface area contributed by atoms with Gasteiger partial charge in [0.1, 0.15) is 12.3 Å². The molecule has 1 aromatic heterocycles. The molecule has 1 amide bonds. The highest BCUT2D eigenvalue weighted by Gasteiger charge is 2.20. The first-order valence-electron chi connectivity index (χ1n) is 11.5. The van der Waals surface area contributed by atoms with Crippen LogP contribution in [0.4, 0.5) is 14.9 Å². The van der Waals surface area contributed by atoms with E-state index in [2.05, 4.69) is 16.8 Å². The lowest BCUT2D eigenvalue weighted by Crippen LogP contribution is -2.34. The number of halogens is 1. The van der Waals surface area contributed by atoms with E-state index in [0.717, 1.165) is 16.6 Å². The lowest BCUT2D eigenvalue weighted by Gasteiger charge is -2.24. The van der Waals surface area contributed by atoms with Crippen LogP contribution < -0.4 is 4.90 Å². The van der Waals surface area contributed by atoms with Crippen molar-refractivity contribution in [3.8, 4) is 11.8 Å². The van der Waals surface area contributed by atoms with E-state index in [1.807, 2.05) is 73.9 Å². The van der Waals surface area contributed by atoms with Crippen molar-refractivity contribution in [2.45, 2.75) is 32.9 Å². The van der Waals surface area contributed by atoms with E-state index >= 15 is 0 Å². The smallest absolute Gasteiger partial charge is 0.414 e. The van der Waals surface area contributed by atoms with Crippen molar-refractivity contribution in [2.75, 3.05) is 45.0 Å². The summed E-state index contributed by atoms with van der Waals surface area (Å²) in [5.74, 6) is 6.96. The fourth-order valence-corrected chi connectivity index (χ4v) is 3.26. The molecule has 186 valence electrons. The molecule has 35 heavy (non-hydrogen) atoms. The summed E-state index contributed by atoms with van der Waals surface area (Å²) in [5.41, 5.74) is 2.79. The number of anilines is 1.